The Morgan fingerprint density at radius 1 is 0.886 bits per heavy atom. The van der Waals surface area contributed by atoms with Gasteiger partial charge in [-0.2, -0.15) is 0 Å². The number of anilines is 1. The third-order valence-electron chi connectivity index (χ3n) is 5.29. The summed E-state index contributed by atoms with van der Waals surface area (Å²) in [7, 11) is -3.90. The summed E-state index contributed by atoms with van der Waals surface area (Å²) in [6.45, 7) is -0.0641. The molecule has 1 atom stereocenters. The van der Waals surface area contributed by atoms with Crippen LogP contribution in [0.3, 0.4) is 0 Å². The normalized spacial score (nSPS) is 12.1. The van der Waals surface area contributed by atoms with Crippen LogP contribution in [-0.4, -0.2) is 36.0 Å². The summed E-state index contributed by atoms with van der Waals surface area (Å²) in [5.41, 5.74) is 3.30. The molecule has 2 heterocycles. The number of rotatable bonds is 10. The summed E-state index contributed by atoms with van der Waals surface area (Å²) >= 11 is 0. The monoisotopic (exact) mass is 488 g/mol. The van der Waals surface area contributed by atoms with Crippen LogP contribution in [0.25, 0.3) is 11.1 Å². The first-order chi connectivity index (χ1) is 16.9. The van der Waals surface area contributed by atoms with Gasteiger partial charge in [-0.05, 0) is 41.0 Å². The molecule has 0 spiro atoms. The van der Waals surface area contributed by atoms with Crippen molar-refractivity contribution in [3.05, 3.63) is 109 Å². The van der Waals surface area contributed by atoms with Crippen molar-refractivity contribution in [2.24, 2.45) is 0 Å². The number of benzene rings is 2. The van der Waals surface area contributed by atoms with E-state index in [2.05, 4.69) is 20.6 Å². The molecule has 0 radical (unpaired) electrons. The van der Waals surface area contributed by atoms with E-state index in [0.717, 1.165) is 16.7 Å². The second kappa shape index (κ2) is 10.9. The average Bonchev–Trinajstić information content (AvgIpc) is 2.89. The third-order valence-corrected chi connectivity index (χ3v) is 7.21. The maximum atomic E-state index is 13.5. The second-order valence-corrected chi connectivity index (χ2v) is 9.79. The number of aromatic nitrogens is 2. The van der Waals surface area contributed by atoms with Gasteiger partial charge in [0, 0.05) is 18.9 Å². The van der Waals surface area contributed by atoms with E-state index in [-0.39, 0.29) is 29.5 Å². The van der Waals surface area contributed by atoms with Gasteiger partial charge in [0.25, 0.3) is 0 Å². The van der Waals surface area contributed by atoms with Gasteiger partial charge in [-0.15, -0.1) is 0 Å². The van der Waals surface area contributed by atoms with E-state index in [1.807, 2.05) is 54.6 Å². The van der Waals surface area contributed by atoms with Crippen molar-refractivity contribution in [1.29, 1.82) is 0 Å². The molecule has 8 nitrogen and oxygen atoms in total. The Labute approximate surface area is 203 Å². The molecule has 0 saturated heterocycles. The molecule has 0 bridgehead atoms. The van der Waals surface area contributed by atoms with Gasteiger partial charge in [0.05, 0.1) is 10.6 Å². The van der Waals surface area contributed by atoms with Crippen LogP contribution in [0.1, 0.15) is 16.6 Å². The van der Waals surface area contributed by atoms with Crippen LogP contribution in [0.15, 0.2) is 102 Å². The van der Waals surface area contributed by atoms with Crippen molar-refractivity contribution in [1.82, 2.24) is 15.3 Å². The van der Waals surface area contributed by atoms with Crippen LogP contribution in [0.4, 0.5) is 5.82 Å². The highest BCUT2D eigenvalue weighted by molar-refractivity contribution is 7.91. The van der Waals surface area contributed by atoms with Crippen LogP contribution in [0.2, 0.25) is 0 Å². The molecule has 1 unspecified atom stereocenters. The fourth-order valence-corrected chi connectivity index (χ4v) is 5.04. The molecule has 2 aromatic heterocycles. The number of carboxylic acids is 1. The third kappa shape index (κ3) is 6.08. The van der Waals surface area contributed by atoms with Crippen LogP contribution in [-0.2, 0) is 21.2 Å². The molecule has 2 aromatic carbocycles. The van der Waals surface area contributed by atoms with Gasteiger partial charge in [-0.3, -0.25) is 15.1 Å². The topological polar surface area (TPSA) is 121 Å². The maximum Gasteiger partial charge on any atom is 0.322 e. The Hall–Kier alpha value is -4.08. The van der Waals surface area contributed by atoms with Gasteiger partial charge in [-0.1, -0.05) is 60.7 Å². The molecule has 4 aromatic rings. The quantitative estimate of drug-likeness (QED) is 0.307. The first-order valence-corrected chi connectivity index (χ1v) is 12.4. The van der Waals surface area contributed by atoms with Crippen LogP contribution in [0, 0.1) is 0 Å². The van der Waals surface area contributed by atoms with Crippen LogP contribution in [0.5, 0.6) is 0 Å². The predicted octanol–water partition coefficient (Wildman–Crippen LogP) is 3.90. The predicted molar refractivity (Wildman–Crippen MR) is 133 cm³/mol. The largest absolute Gasteiger partial charge is 0.480 e. The van der Waals surface area contributed by atoms with E-state index >= 15 is 0 Å². The zero-order chi connectivity index (χ0) is 24.7. The zero-order valence-corrected chi connectivity index (χ0v) is 19.5. The molecule has 0 fully saturated rings. The molecule has 3 N–H and O–H groups in total. The minimum atomic E-state index is -3.90. The molecule has 4 rings (SSSR count). The highest BCUT2D eigenvalue weighted by atomic mass is 32.2. The number of aliphatic carboxylic acids is 1. The lowest BCUT2D eigenvalue weighted by Crippen LogP contribution is -2.30. The average molecular weight is 489 g/mol. The van der Waals surface area contributed by atoms with Gasteiger partial charge in [0.2, 0.25) is 9.84 Å². The van der Waals surface area contributed by atoms with Gasteiger partial charge < -0.3 is 10.4 Å². The Morgan fingerprint density at radius 3 is 2.31 bits per heavy atom. The lowest BCUT2D eigenvalue weighted by Gasteiger charge is -2.20. The number of hydrogen-bond donors (Lipinski definition) is 3. The SMILES string of the molecule is O=C(O)CNc1cccc(C(NCc2ccc(-c3ccccc3)cc2)S(=O)(=O)c2cccnc2)n1. The number of carbonyl (C=O) groups is 1. The first kappa shape index (κ1) is 24.1. The first-order valence-electron chi connectivity index (χ1n) is 10.9. The Morgan fingerprint density at radius 2 is 1.63 bits per heavy atom. The Balaban J connectivity index is 1.60. The molecule has 0 aliphatic rings. The molecule has 35 heavy (non-hydrogen) atoms. The summed E-state index contributed by atoms with van der Waals surface area (Å²) in [5, 5.41) is 13.6. The summed E-state index contributed by atoms with van der Waals surface area (Å²) in [4.78, 5) is 19.3. The van der Waals surface area contributed by atoms with Crippen molar-refractivity contribution < 1.29 is 18.3 Å². The van der Waals surface area contributed by atoms with Gasteiger partial charge in [0.15, 0.2) is 5.37 Å². The molecule has 0 saturated carbocycles. The summed E-state index contributed by atoms with van der Waals surface area (Å²) < 4.78 is 27.0. The molecular weight excluding hydrogens is 464 g/mol. The van der Waals surface area contributed by atoms with Gasteiger partial charge in [0.1, 0.15) is 12.4 Å². The minimum absolute atomic E-state index is 0.0580. The number of hydrogen-bond acceptors (Lipinski definition) is 7. The van der Waals surface area contributed by atoms with E-state index < -0.39 is 21.2 Å². The molecule has 0 amide bonds. The summed E-state index contributed by atoms with van der Waals surface area (Å²) in [6, 6.07) is 25.7. The van der Waals surface area contributed by atoms with Gasteiger partial charge in [-0.25, -0.2) is 13.4 Å². The van der Waals surface area contributed by atoms with E-state index in [1.165, 1.54) is 18.5 Å². The van der Waals surface area contributed by atoms with Crippen molar-refractivity contribution in [3.63, 3.8) is 0 Å². The summed E-state index contributed by atoms with van der Waals surface area (Å²) in [6.07, 6.45) is 2.80. The molecule has 178 valence electrons. The number of nitrogens with one attached hydrogen (secondary N) is 2. The number of sulfone groups is 1. The Kier molecular flexibility index (Phi) is 7.49. The number of carboxylic acid groups (broad SMARTS) is 1. The lowest BCUT2D eigenvalue weighted by molar-refractivity contribution is -0.134. The van der Waals surface area contributed by atoms with E-state index in [0.29, 0.717) is 0 Å². The minimum Gasteiger partial charge on any atom is -0.480 e. The zero-order valence-electron chi connectivity index (χ0n) is 18.7. The number of nitrogens with zero attached hydrogens (tertiary/aromatic N) is 2. The Bertz CT molecular complexity index is 1380. The molecule has 9 heteroatoms. The van der Waals surface area contributed by atoms with E-state index in [4.69, 9.17) is 5.11 Å². The van der Waals surface area contributed by atoms with E-state index in [9.17, 15) is 13.2 Å². The maximum absolute atomic E-state index is 13.5. The van der Waals surface area contributed by atoms with Crippen molar-refractivity contribution in [2.45, 2.75) is 16.8 Å². The standard InChI is InChI=1S/C26H24N4O4S/c31-25(32)18-28-24-10-4-9-23(30-24)26(35(33,34)22-8-5-15-27-17-22)29-16-19-11-13-21(14-12-19)20-6-2-1-3-7-20/h1-15,17,26,29H,16,18H2,(H,28,30)(H,31,32). The second-order valence-electron chi connectivity index (χ2n) is 7.75. The molecule has 0 aliphatic heterocycles. The highest BCUT2D eigenvalue weighted by Crippen LogP contribution is 2.27. The highest BCUT2D eigenvalue weighted by Gasteiger charge is 2.30. The fraction of sp³-hybridized carbons (Fsp3) is 0.115. The van der Waals surface area contributed by atoms with Gasteiger partial charge >= 0.3 is 5.97 Å². The molecular formula is C26H24N4O4S. The van der Waals surface area contributed by atoms with Crippen molar-refractivity contribution in [3.8, 4) is 11.1 Å². The number of pyridine rings is 2. The van der Waals surface area contributed by atoms with Crippen LogP contribution < -0.4 is 10.6 Å². The smallest absolute Gasteiger partial charge is 0.322 e. The summed E-state index contributed by atoms with van der Waals surface area (Å²) in [5.74, 6) is -0.779. The van der Waals surface area contributed by atoms with E-state index in [1.54, 1.807) is 24.3 Å². The lowest BCUT2D eigenvalue weighted by atomic mass is 10.0. The van der Waals surface area contributed by atoms with Crippen LogP contribution >= 0.6 is 0 Å². The van der Waals surface area contributed by atoms with Crippen molar-refractivity contribution >= 4 is 21.6 Å². The fourth-order valence-electron chi connectivity index (χ4n) is 3.54. The van der Waals surface area contributed by atoms with Crippen molar-refractivity contribution in [2.75, 3.05) is 11.9 Å². The molecule has 0 aliphatic carbocycles.